The summed E-state index contributed by atoms with van der Waals surface area (Å²) in [5.41, 5.74) is 1.16. The molecule has 0 saturated carbocycles. The molecule has 0 aliphatic rings. The Morgan fingerprint density at radius 3 is 2.35 bits per heavy atom. The van der Waals surface area contributed by atoms with Gasteiger partial charge < -0.3 is 5.32 Å². The lowest BCUT2D eigenvalue weighted by atomic mass is 10.2. The van der Waals surface area contributed by atoms with Crippen molar-refractivity contribution >= 4 is 39.1 Å². The van der Waals surface area contributed by atoms with Crippen molar-refractivity contribution in [3.8, 4) is 0 Å². The second-order valence-electron chi connectivity index (χ2n) is 4.19. The fourth-order valence-electron chi connectivity index (χ4n) is 1.62. The molecular formula is C14H9BrClF2NO. The minimum absolute atomic E-state index is 0.105. The molecule has 1 N–H and O–H groups in total. The number of carbonyl (C=O) groups excluding carboxylic acids is 1. The van der Waals surface area contributed by atoms with Crippen LogP contribution in [0.25, 0.3) is 0 Å². The van der Waals surface area contributed by atoms with E-state index in [1.165, 1.54) is 0 Å². The summed E-state index contributed by atoms with van der Waals surface area (Å²) in [5.74, 6) is -2.24. The van der Waals surface area contributed by atoms with Crippen molar-refractivity contribution in [3.05, 3.63) is 62.6 Å². The standard InChI is InChI=1S/C14H9BrClF2NO/c1-7-2-11(15)13(6-12(7)16)19-14(20)8-3-9(17)5-10(18)4-8/h2-6H,1H3,(H,19,20). The Morgan fingerprint density at radius 2 is 1.75 bits per heavy atom. The second kappa shape index (κ2) is 5.89. The Balaban J connectivity index is 2.30. The number of aryl methyl sites for hydroxylation is 1. The van der Waals surface area contributed by atoms with Crippen molar-refractivity contribution in [1.82, 2.24) is 0 Å². The summed E-state index contributed by atoms with van der Waals surface area (Å²) in [6, 6.07) is 5.93. The third-order valence-electron chi connectivity index (χ3n) is 2.62. The number of nitrogens with one attached hydrogen (secondary N) is 1. The van der Waals surface area contributed by atoms with E-state index in [9.17, 15) is 13.6 Å². The quantitative estimate of drug-likeness (QED) is 0.807. The molecule has 6 heteroatoms. The maximum atomic E-state index is 13.1. The molecule has 0 spiro atoms. The Hall–Kier alpha value is -1.46. The van der Waals surface area contributed by atoms with E-state index < -0.39 is 17.5 Å². The molecule has 0 heterocycles. The van der Waals surface area contributed by atoms with Gasteiger partial charge in [0.15, 0.2) is 0 Å². The highest BCUT2D eigenvalue weighted by molar-refractivity contribution is 9.10. The normalized spacial score (nSPS) is 10.4. The van der Waals surface area contributed by atoms with Gasteiger partial charge in [0.2, 0.25) is 0 Å². The van der Waals surface area contributed by atoms with Crippen LogP contribution in [0.15, 0.2) is 34.8 Å². The molecule has 0 bridgehead atoms. The molecule has 0 aliphatic carbocycles. The van der Waals surface area contributed by atoms with Crippen LogP contribution in [0.2, 0.25) is 5.02 Å². The van der Waals surface area contributed by atoms with E-state index in [1.54, 1.807) is 12.1 Å². The van der Waals surface area contributed by atoms with Crippen LogP contribution in [0.1, 0.15) is 15.9 Å². The lowest BCUT2D eigenvalue weighted by Crippen LogP contribution is -2.13. The number of amides is 1. The molecule has 104 valence electrons. The minimum atomic E-state index is -0.809. The van der Waals surface area contributed by atoms with Crippen molar-refractivity contribution in [2.45, 2.75) is 6.92 Å². The maximum Gasteiger partial charge on any atom is 0.255 e. The summed E-state index contributed by atoms with van der Waals surface area (Å²) >= 11 is 9.26. The van der Waals surface area contributed by atoms with Crippen LogP contribution in [0, 0.1) is 18.6 Å². The molecule has 2 rings (SSSR count). The van der Waals surface area contributed by atoms with Gasteiger partial charge in [-0.3, -0.25) is 4.79 Å². The Morgan fingerprint density at radius 1 is 1.15 bits per heavy atom. The summed E-state index contributed by atoms with van der Waals surface area (Å²) in [7, 11) is 0. The SMILES string of the molecule is Cc1cc(Br)c(NC(=O)c2cc(F)cc(F)c2)cc1Cl. The van der Waals surface area contributed by atoms with Gasteiger partial charge in [0, 0.05) is 21.1 Å². The summed E-state index contributed by atoms with van der Waals surface area (Å²) in [4.78, 5) is 12.0. The van der Waals surface area contributed by atoms with E-state index in [0.29, 0.717) is 21.2 Å². The van der Waals surface area contributed by atoms with Crippen molar-refractivity contribution < 1.29 is 13.6 Å². The monoisotopic (exact) mass is 359 g/mol. The number of anilines is 1. The van der Waals surface area contributed by atoms with Gasteiger partial charge in [-0.15, -0.1) is 0 Å². The highest BCUT2D eigenvalue weighted by atomic mass is 79.9. The predicted octanol–water partition coefficient (Wildman–Crippen LogP) is 4.94. The van der Waals surface area contributed by atoms with E-state index in [1.807, 2.05) is 6.92 Å². The third-order valence-corrected chi connectivity index (χ3v) is 3.68. The van der Waals surface area contributed by atoms with Gasteiger partial charge in [-0.2, -0.15) is 0 Å². The zero-order chi connectivity index (χ0) is 14.9. The highest BCUT2D eigenvalue weighted by Gasteiger charge is 2.12. The van der Waals surface area contributed by atoms with Gasteiger partial charge in [-0.25, -0.2) is 8.78 Å². The molecule has 0 unspecified atom stereocenters. The van der Waals surface area contributed by atoms with Crippen molar-refractivity contribution in [2.24, 2.45) is 0 Å². The van der Waals surface area contributed by atoms with Gasteiger partial charge in [0.05, 0.1) is 5.69 Å². The number of hydrogen-bond acceptors (Lipinski definition) is 1. The van der Waals surface area contributed by atoms with Crippen molar-refractivity contribution in [3.63, 3.8) is 0 Å². The number of carbonyl (C=O) groups is 1. The Bertz CT molecular complexity index is 671. The first-order valence-corrected chi connectivity index (χ1v) is 6.77. The lowest BCUT2D eigenvalue weighted by Gasteiger charge is -2.10. The molecule has 0 aromatic heterocycles. The number of benzene rings is 2. The van der Waals surface area contributed by atoms with Gasteiger partial charge in [0.25, 0.3) is 5.91 Å². The van der Waals surface area contributed by atoms with E-state index >= 15 is 0 Å². The zero-order valence-electron chi connectivity index (χ0n) is 10.3. The first-order valence-electron chi connectivity index (χ1n) is 5.60. The van der Waals surface area contributed by atoms with Crippen LogP contribution in [-0.4, -0.2) is 5.91 Å². The molecule has 2 aromatic carbocycles. The maximum absolute atomic E-state index is 13.1. The van der Waals surface area contributed by atoms with E-state index in [4.69, 9.17) is 11.6 Å². The third kappa shape index (κ3) is 3.35. The minimum Gasteiger partial charge on any atom is -0.321 e. The number of rotatable bonds is 2. The summed E-state index contributed by atoms with van der Waals surface area (Å²) in [6.07, 6.45) is 0. The van der Waals surface area contributed by atoms with Gasteiger partial charge >= 0.3 is 0 Å². The van der Waals surface area contributed by atoms with Crippen LogP contribution >= 0.6 is 27.5 Å². The fraction of sp³-hybridized carbons (Fsp3) is 0.0714. The van der Waals surface area contributed by atoms with Crippen LogP contribution in [-0.2, 0) is 0 Å². The van der Waals surface area contributed by atoms with E-state index in [2.05, 4.69) is 21.2 Å². The van der Waals surface area contributed by atoms with Gasteiger partial charge in [0.1, 0.15) is 11.6 Å². The first kappa shape index (κ1) is 14.9. The molecule has 20 heavy (non-hydrogen) atoms. The topological polar surface area (TPSA) is 29.1 Å². The van der Waals surface area contributed by atoms with Crippen molar-refractivity contribution in [1.29, 1.82) is 0 Å². The molecule has 0 aliphatic heterocycles. The Labute approximate surface area is 127 Å². The van der Waals surface area contributed by atoms with Crippen LogP contribution in [0.5, 0.6) is 0 Å². The van der Waals surface area contributed by atoms with Crippen LogP contribution in [0.4, 0.5) is 14.5 Å². The van der Waals surface area contributed by atoms with Crippen LogP contribution < -0.4 is 5.32 Å². The molecule has 2 aromatic rings. The number of hydrogen-bond donors (Lipinski definition) is 1. The lowest BCUT2D eigenvalue weighted by molar-refractivity contribution is 0.102. The second-order valence-corrected chi connectivity index (χ2v) is 5.46. The summed E-state index contributed by atoms with van der Waals surface area (Å²) in [5, 5.41) is 3.03. The molecular weight excluding hydrogens is 352 g/mol. The molecule has 0 atom stereocenters. The molecule has 0 fully saturated rings. The summed E-state index contributed by atoms with van der Waals surface area (Å²) in [6.45, 7) is 1.82. The average molecular weight is 361 g/mol. The molecule has 2 nitrogen and oxygen atoms in total. The highest BCUT2D eigenvalue weighted by Crippen LogP contribution is 2.29. The fourth-order valence-corrected chi connectivity index (χ4v) is 2.34. The molecule has 0 radical (unpaired) electrons. The average Bonchev–Trinajstić information content (AvgIpc) is 2.34. The smallest absolute Gasteiger partial charge is 0.255 e. The zero-order valence-corrected chi connectivity index (χ0v) is 12.6. The molecule has 0 saturated heterocycles. The van der Waals surface area contributed by atoms with E-state index in [0.717, 1.165) is 17.7 Å². The van der Waals surface area contributed by atoms with Crippen molar-refractivity contribution in [2.75, 3.05) is 5.32 Å². The van der Waals surface area contributed by atoms with Gasteiger partial charge in [-0.05, 0) is 52.7 Å². The van der Waals surface area contributed by atoms with Gasteiger partial charge in [-0.1, -0.05) is 11.6 Å². The first-order chi connectivity index (χ1) is 9.36. The predicted molar refractivity (Wildman–Crippen MR) is 78.2 cm³/mol. The molecule has 1 amide bonds. The Kier molecular flexibility index (Phi) is 4.40. The largest absolute Gasteiger partial charge is 0.321 e. The summed E-state index contributed by atoms with van der Waals surface area (Å²) < 4.78 is 26.8. The van der Waals surface area contributed by atoms with Crippen LogP contribution in [0.3, 0.4) is 0 Å². The number of halogens is 4. The van der Waals surface area contributed by atoms with E-state index in [-0.39, 0.29) is 5.56 Å².